The minimum Gasteiger partial charge on any atom is -0.493 e. The maximum Gasteiger partial charge on any atom is 0.323 e. The fourth-order valence-electron chi connectivity index (χ4n) is 3.36. The number of ether oxygens (including phenoxy) is 1. The summed E-state index contributed by atoms with van der Waals surface area (Å²) in [4.78, 5) is 29.5. The van der Waals surface area contributed by atoms with Gasteiger partial charge in [-0.2, -0.15) is 5.26 Å². The smallest absolute Gasteiger partial charge is 0.323 e. The molecule has 4 N–H and O–H groups in total. The van der Waals surface area contributed by atoms with Crippen molar-refractivity contribution >= 4 is 38.3 Å². The number of carbonyl (C=O) groups is 1. The standard InChI is InChI=1S/C24H21N5O5S/c25-12-3-4-13-34-17-7-5-6-16(14-17)26-23(30)19-8-1-2-9-20(19)29-35(32,33)18-10-11-21-22(15-18)28-24(31)27-21/h1-2,5-11,14-15,29H,3-4,13H2,(H,26,30)(H2,27,28,31). The number of amides is 1. The molecular formula is C24H21N5O5S. The monoisotopic (exact) mass is 491 g/mol. The molecule has 4 rings (SSSR count). The number of sulfonamides is 1. The van der Waals surface area contributed by atoms with Gasteiger partial charge < -0.3 is 20.0 Å². The molecule has 3 aromatic carbocycles. The predicted molar refractivity (Wildman–Crippen MR) is 131 cm³/mol. The summed E-state index contributed by atoms with van der Waals surface area (Å²) in [6.07, 6.45) is 0.980. The van der Waals surface area contributed by atoms with Crippen LogP contribution >= 0.6 is 0 Å². The molecule has 178 valence electrons. The number of carbonyl (C=O) groups excluding carboxylic acids is 1. The first-order valence-corrected chi connectivity index (χ1v) is 12.1. The Morgan fingerprint density at radius 1 is 1.00 bits per heavy atom. The van der Waals surface area contributed by atoms with Gasteiger partial charge in [-0.25, -0.2) is 13.2 Å². The topological polar surface area (TPSA) is 157 Å². The third kappa shape index (κ3) is 5.69. The van der Waals surface area contributed by atoms with Gasteiger partial charge in [0.1, 0.15) is 5.75 Å². The van der Waals surface area contributed by atoms with Gasteiger partial charge in [0.2, 0.25) is 0 Å². The molecule has 0 aliphatic rings. The number of fused-ring (bicyclic) bond motifs is 1. The van der Waals surface area contributed by atoms with Gasteiger partial charge in [0.15, 0.2) is 0 Å². The Morgan fingerprint density at radius 3 is 2.63 bits per heavy atom. The van der Waals surface area contributed by atoms with Crippen molar-refractivity contribution in [2.75, 3.05) is 16.6 Å². The van der Waals surface area contributed by atoms with Gasteiger partial charge in [-0.05, 0) is 48.9 Å². The van der Waals surface area contributed by atoms with Crippen LogP contribution in [0, 0.1) is 11.3 Å². The first kappa shape index (κ1) is 23.6. The number of unbranched alkanes of at least 4 members (excludes halogenated alkanes) is 1. The van der Waals surface area contributed by atoms with Crippen LogP contribution < -0.4 is 20.5 Å². The Hall–Kier alpha value is -4.56. The number of aromatic nitrogens is 2. The highest BCUT2D eigenvalue weighted by atomic mass is 32.2. The number of hydrogen-bond donors (Lipinski definition) is 4. The van der Waals surface area contributed by atoms with E-state index in [1.54, 1.807) is 36.4 Å². The van der Waals surface area contributed by atoms with Crippen molar-refractivity contribution in [3.63, 3.8) is 0 Å². The molecule has 0 bridgehead atoms. The second-order valence-corrected chi connectivity index (χ2v) is 9.21. The highest BCUT2D eigenvalue weighted by Gasteiger charge is 2.19. The summed E-state index contributed by atoms with van der Waals surface area (Å²) in [5, 5.41) is 11.3. The molecular weight excluding hydrogens is 470 g/mol. The largest absolute Gasteiger partial charge is 0.493 e. The van der Waals surface area contributed by atoms with Crippen LogP contribution in [-0.2, 0) is 10.0 Å². The van der Waals surface area contributed by atoms with Crippen LogP contribution in [0.5, 0.6) is 5.75 Å². The summed E-state index contributed by atoms with van der Waals surface area (Å²) in [5.41, 5.74) is 1.06. The molecule has 11 heteroatoms. The second kappa shape index (κ2) is 10.1. The predicted octanol–water partition coefficient (Wildman–Crippen LogP) is 3.59. The third-order valence-corrected chi connectivity index (χ3v) is 6.37. The van der Waals surface area contributed by atoms with Crippen molar-refractivity contribution in [3.8, 4) is 11.8 Å². The molecule has 0 saturated heterocycles. The Labute approximate surface area is 200 Å². The van der Waals surface area contributed by atoms with Gasteiger partial charge in [-0.15, -0.1) is 0 Å². The van der Waals surface area contributed by atoms with Crippen LogP contribution in [0.15, 0.2) is 76.4 Å². The number of imidazole rings is 1. The zero-order chi connectivity index (χ0) is 24.8. The number of hydrogen-bond acceptors (Lipinski definition) is 6. The van der Waals surface area contributed by atoms with E-state index in [1.807, 2.05) is 6.07 Å². The molecule has 0 aliphatic carbocycles. The number of rotatable bonds is 9. The Kier molecular flexibility index (Phi) is 6.84. The normalized spacial score (nSPS) is 11.1. The minimum absolute atomic E-state index is 0.0725. The molecule has 0 atom stereocenters. The molecule has 0 spiro atoms. The first-order valence-electron chi connectivity index (χ1n) is 10.6. The molecule has 0 fully saturated rings. The maximum atomic E-state index is 13.0. The van der Waals surface area contributed by atoms with Crippen LogP contribution in [-0.4, -0.2) is 30.9 Å². The SMILES string of the molecule is N#CCCCOc1cccc(NC(=O)c2ccccc2NS(=O)(=O)c2ccc3[nH]c(=O)[nH]c3c2)c1. The zero-order valence-electron chi connectivity index (χ0n) is 18.4. The van der Waals surface area contributed by atoms with Crippen LogP contribution in [0.2, 0.25) is 0 Å². The van der Waals surface area contributed by atoms with Crippen molar-refractivity contribution in [1.29, 1.82) is 5.26 Å². The molecule has 35 heavy (non-hydrogen) atoms. The average molecular weight is 492 g/mol. The lowest BCUT2D eigenvalue weighted by molar-refractivity contribution is 0.102. The van der Waals surface area contributed by atoms with Crippen LogP contribution in [0.3, 0.4) is 0 Å². The van der Waals surface area contributed by atoms with E-state index < -0.39 is 21.6 Å². The Balaban J connectivity index is 1.52. The van der Waals surface area contributed by atoms with Crippen molar-refractivity contribution in [2.24, 2.45) is 0 Å². The van der Waals surface area contributed by atoms with Crippen molar-refractivity contribution in [1.82, 2.24) is 9.97 Å². The van der Waals surface area contributed by atoms with E-state index in [-0.39, 0.29) is 16.1 Å². The van der Waals surface area contributed by atoms with Gasteiger partial charge in [0, 0.05) is 18.2 Å². The van der Waals surface area contributed by atoms with Crippen molar-refractivity contribution < 1.29 is 17.9 Å². The van der Waals surface area contributed by atoms with E-state index in [2.05, 4.69) is 20.0 Å². The molecule has 4 aromatic rings. The summed E-state index contributed by atoms with van der Waals surface area (Å²) >= 11 is 0. The van der Waals surface area contributed by atoms with Gasteiger partial charge in [0.25, 0.3) is 15.9 Å². The first-order chi connectivity index (χ1) is 16.9. The molecule has 0 radical (unpaired) electrons. The van der Waals surface area contributed by atoms with E-state index in [4.69, 9.17) is 10.00 Å². The number of H-pyrrole nitrogens is 2. The summed E-state index contributed by atoms with van der Waals surface area (Å²) in [6, 6.07) is 19.2. The Morgan fingerprint density at radius 2 is 1.80 bits per heavy atom. The second-order valence-electron chi connectivity index (χ2n) is 7.53. The van der Waals surface area contributed by atoms with E-state index >= 15 is 0 Å². The quantitative estimate of drug-likeness (QED) is 0.262. The summed E-state index contributed by atoms with van der Waals surface area (Å²) < 4.78 is 34.0. The fourth-order valence-corrected chi connectivity index (χ4v) is 4.46. The van der Waals surface area contributed by atoms with Crippen LogP contribution in [0.1, 0.15) is 23.2 Å². The lowest BCUT2D eigenvalue weighted by atomic mass is 10.1. The van der Waals surface area contributed by atoms with Gasteiger partial charge in [-0.3, -0.25) is 9.52 Å². The number of nitriles is 1. The van der Waals surface area contributed by atoms with Crippen molar-refractivity contribution in [3.05, 3.63) is 82.8 Å². The van der Waals surface area contributed by atoms with Crippen molar-refractivity contribution in [2.45, 2.75) is 17.7 Å². The molecule has 0 aliphatic heterocycles. The molecule has 1 amide bonds. The summed E-state index contributed by atoms with van der Waals surface area (Å²) in [5.74, 6) is 0.0169. The highest BCUT2D eigenvalue weighted by molar-refractivity contribution is 7.92. The third-order valence-electron chi connectivity index (χ3n) is 5.01. The van der Waals surface area contributed by atoms with E-state index in [9.17, 15) is 18.0 Å². The minimum atomic E-state index is -4.06. The molecule has 10 nitrogen and oxygen atoms in total. The van der Waals surface area contributed by atoms with E-state index in [0.29, 0.717) is 41.9 Å². The van der Waals surface area contributed by atoms with Gasteiger partial charge in [-0.1, -0.05) is 18.2 Å². The fraction of sp³-hybridized carbons (Fsp3) is 0.125. The lowest BCUT2D eigenvalue weighted by Crippen LogP contribution is -2.18. The molecule has 0 unspecified atom stereocenters. The number of nitrogens with zero attached hydrogens (tertiary/aromatic N) is 1. The summed E-state index contributed by atoms with van der Waals surface area (Å²) in [7, 11) is -4.06. The lowest BCUT2D eigenvalue weighted by Gasteiger charge is -2.13. The van der Waals surface area contributed by atoms with E-state index in [0.717, 1.165) is 0 Å². The number of anilines is 2. The van der Waals surface area contributed by atoms with Gasteiger partial charge >= 0.3 is 5.69 Å². The zero-order valence-corrected chi connectivity index (χ0v) is 19.2. The number of para-hydroxylation sites is 1. The highest BCUT2D eigenvalue weighted by Crippen LogP contribution is 2.24. The average Bonchev–Trinajstić information content (AvgIpc) is 3.21. The van der Waals surface area contributed by atoms with Gasteiger partial charge in [0.05, 0.1) is 39.9 Å². The number of benzene rings is 3. The molecule has 1 heterocycles. The van der Waals surface area contributed by atoms with Crippen LogP contribution in [0.4, 0.5) is 11.4 Å². The van der Waals surface area contributed by atoms with Crippen LogP contribution in [0.25, 0.3) is 11.0 Å². The molecule has 1 aromatic heterocycles. The summed E-state index contributed by atoms with van der Waals surface area (Å²) in [6.45, 7) is 0.373. The molecule has 0 saturated carbocycles. The number of aromatic amines is 2. The number of nitrogens with one attached hydrogen (secondary N) is 4. The van der Waals surface area contributed by atoms with E-state index in [1.165, 1.54) is 30.3 Å². The Bertz CT molecular complexity index is 1580. The maximum absolute atomic E-state index is 13.0.